The lowest BCUT2D eigenvalue weighted by Crippen LogP contribution is -2.13. The summed E-state index contributed by atoms with van der Waals surface area (Å²) in [6.45, 7) is 0.597. The molecule has 0 radical (unpaired) electrons. The van der Waals surface area contributed by atoms with E-state index in [1.807, 2.05) is 41.0 Å². The van der Waals surface area contributed by atoms with Crippen LogP contribution >= 0.6 is 11.3 Å². The SMILES string of the molecule is COc1cc2ncn(-c3cc(OCCOc4ccccc4)c(C(N)=O)s3)c2cc1OC. The van der Waals surface area contributed by atoms with Crippen molar-refractivity contribution < 1.29 is 23.7 Å². The van der Waals surface area contributed by atoms with Gasteiger partial charge in [-0.05, 0) is 12.1 Å². The van der Waals surface area contributed by atoms with E-state index in [4.69, 9.17) is 24.7 Å². The molecule has 4 rings (SSSR count). The number of rotatable bonds is 9. The number of para-hydroxylation sites is 1. The van der Waals surface area contributed by atoms with Gasteiger partial charge in [-0.15, -0.1) is 11.3 Å². The molecule has 0 spiro atoms. The van der Waals surface area contributed by atoms with Gasteiger partial charge < -0.3 is 24.7 Å². The first kappa shape index (κ1) is 20.5. The molecule has 0 aliphatic heterocycles. The van der Waals surface area contributed by atoms with Crippen molar-refractivity contribution in [3.8, 4) is 28.0 Å². The van der Waals surface area contributed by atoms with Gasteiger partial charge in [0.2, 0.25) is 0 Å². The van der Waals surface area contributed by atoms with E-state index in [-0.39, 0.29) is 6.61 Å². The highest BCUT2D eigenvalue weighted by atomic mass is 32.1. The maximum atomic E-state index is 12.0. The number of imidazole rings is 1. The first-order valence-corrected chi connectivity index (χ1v) is 10.3. The second-order valence-corrected chi connectivity index (χ2v) is 7.49. The van der Waals surface area contributed by atoms with Gasteiger partial charge in [-0.1, -0.05) is 18.2 Å². The van der Waals surface area contributed by atoms with Crippen molar-refractivity contribution in [3.05, 3.63) is 59.7 Å². The average molecular weight is 439 g/mol. The fourth-order valence-electron chi connectivity index (χ4n) is 3.10. The zero-order chi connectivity index (χ0) is 21.8. The number of ether oxygens (including phenoxy) is 4. The maximum absolute atomic E-state index is 12.0. The summed E-state index contributed by atoms with van der Waals surface area (Å²) in [5.41, 5.74) is 7.10. The molecule has 1 amide bonds. The van der Waals surface area contributed by atoms with Gasteiger partial charge in [0.1, 0.15) is 40.9 Å². The van der Waals surface area contributed by atoms with Crippen molar-refractivity contribution in [2.45, 2.75) is 0 Å². The van der Waals surface area contributed by atoms with Gasteiger partial charge in [0, 0.05) is 18.2 Å². The Morgan fingerprint density at radius 1 is 1.00 bits per heavy atom. The van der Waals surface area contributed by atoms with Gasteiger partial charge in [-0.25, -0.2) is 4.98 Å². The number of nitrogens with two attached hydrogens (primary N) is 1. The van der Waals surface area contributed by atoms with Crippen LogP contribution < -0.4 is 24.7 Å². The monoisotopic (exact) mass is 439 g/mol. The number of benzene rings is 2. The second kappa shape index (κ2) is 8.97. The number of hydrogen-bond donors (Lipinski definition) is 1. The lowest BCUT2D eigenvalue weighted by molar-refractivity contribution is 0.0999. The zero-order valence-corrected chi connectivity index (χ0v) is 17.8. The Morgan fingerprint density at radius 3 is 2.42 bits per heavy atom. The van der Waals surface area contributed by atoms with E-state index in [0.717, 1.165) is 21.8 Å². The standard InChI is InChI=1S/C22H21N3O5S/c1-27-17-10-15-16(11-18(17)28-2)25(13-24-15)20-12-19(21(31-20)22(23)26)30-9-8-29-14-6-4-3-5-7-14/h3-7,10-13H,8-9H2,1-2H3,(H2,23,26). The summed E-state index contributed by atoms with van der Waals surface area (Å²) in [6.07, 6.45) is 1.67. The molecule has 31 heavy (non-hydrogen) atoms. The van der Waals surface area contributed by atoms with Gasteiger partial charge in [0.25, 0.3) is 5.91 Å². The van der Waals surface area contributed by atoms with E-state index >= 15 is 0 Å². The van der Waals surface area contributed by atoms with Crippen molar-refractivity contribution in [2.24, 2.45) is 5.73 Å². The number of hydrogen-bond acceptors (Lipinski definition) is 7. The van der Waals surface area contributed by atoms with Gasteiger partial charge in [0.15, 0.2) is 11.5 Å². The quantitative estimate of drug-likeness (QED) is 0.400. The molecule has 0 fully saturated rings. The molecule has 2 aromatic heterocycles. The molecular weight excluding hydrogens is 418 g/mol. The molecule has 2 heterocycles. The third kappa shape index (κ3) is 4.26. The summed E-state index contributed by atoms with van der Waals surface area (Å²) in [7, 11) is 3.15. The molecule has 160 valence electrons. The molecule has 0 unspecified atom stereocenters. The fourth-order valence-corrected chi connectivity index (χ4v) is 4.04. The van der Waals surface area contributed by atoms with Crippen molar-refractivity contribution in [2.75, 3.05) is 27.4 Å². The first-order valence-electron chi connectivity index (χ1n) is 9.44. The topological polar surface area (TPSA) is 97.8 Å². The number of methoxy groups -OCH3 is 2. The number of carbonyl (C=O) groups is 1. The number of nitrogens with zero attached hydrogens (tertiary/aromatic N) is 2. The highest BCUT2D eigenvalue weighted by molar-refractivity contribution is 7.16. The first-order chi connectivity index (χ1) is 15.1. The number of aromatic nitrogens is 2. The molecule has 9 heteroatoms. The Bertz CT molecular complexity index is 1200. The summed E-state index contributed by atoms with van der Waals surface area (Å²) in [5, 5.41) is 0.738. The molecular formula is C22H21N3O5S. The Morgan fingerprint density at radius 2 is 1.71 bits per heavy atom. The third-order valence-corrected chi connectivity index (χ3v) is 5.68. The molecule has 2 N–H and O–H groups in total. The lowest BCUT2D eigenvalue weighted by Gasteiger charge is -2.08. The Kier molecular flexibility index (Phi) is 5.94. The molecule has 0 aliphatic rings. The van der Waals surface area contributed by atoms with E-state index in [1.165, 1.54) is 11.3 Å². The maximum Gasteiger partial charge on any atom is 0.262 e. The van der Waals surface area contributed by atoms with Crippen LogP contribution in [0.25, 0.3) is 16.0 Å². The van der Waals surface area contributed by atoms with Crippen LogP contribution in [0.4, 0.5) is 0 Å². The van der Waals surface area contributed by atoms with E-state index in [1.54, 1.807) is 32.7 Å². The van der Waals surface area contributed by atoms with Crippen molar-refractivity contribution in [1.82, 2.24) is 9.55 Å². The minimum absolute atomic E-state index is 0.265. The van der Waals surface area contributed by atoms with E-state index in [0.29, 0.717) is 28.7 Å². The molecule has 4 aromatic rings. The minimum atomic E-state index is -0.557. The second-order valence-electron chi connectivity index (χ2n) is 6.46. The molecule has 0 aliphatic carbocycles. The van der Waals surface area contributed by atoms with Crippen LogP contribution in [-0.4, -0.2) is 42.9 Å². The highest BCUT2D eigenvalue weighted by Crippen LogP contribution is 2.36. The minimum Gasteiger partial charge on any atom is -0.493 e. The summed E-state index contributed by atoms with van der Waals surface area (Å²) >= 11 is 1.23. The smallest absolute Gasteiger partial charge is 0.262 e. The molecule has 0 saturated carbocycles. The van der Waals surface area contributed by atoms with Crippen molar-refractivity contribution in [3.63, 3.8) is 0 Å². The van der Waals surface area contributed by atoms with Crippen LogP contribution in [0.15, 0.2) is 54.9 Å². The van der Waals surface area contributed by atoms with Crippen LogP contribution in [-0.2, 0) is 0 Å². The predicted octanol–water partition coefficient (Wildman–Crippen LogP) is 3.66. The van der Waals surface area contributed by atoms with Crippen LogP contribution in [0.1, 0.15) is 9.67 Å². The summed E-state index contributed by atoms with van der Waals surface area (Å²) in [6, 6.07) is 14.8. The average Bonchev–Trinajstić information content (AvgIpc) is 3.40. The number of amides is 1. The lowest BCUT2D eigenvalue weighted by atomic mass is 10.2. The molecule has 2 aromatic carbocycles. The summed E-state index contributed by atoms with van der Waals surface area (Å²) in [5.74, 6) is 1.77. The van der Waals surface area contributed by atoms with Crippen LogP contribution in [0.5, 0.6) is 23.0 Å². The normalized spacial score (nSPS) is 10.8. The predicted molar refractivity (Wildman–Crippen MR) is 118 cm³/mol. The summed E-state index contributed by atoms with van der Waals surface area (Å²) in [4.78, 5) is 16.7. The molecule has 0 bridgehead atoms. The van der Waals surface area contributed by atoms with Gasteiger partial charge in [-0.2, -0.15) is 0 Å². The van der Waals surface area contributed by atoms with E-state index in [9.17, 15) is 4.79 Å². The molecule has 0 saturated heterocycles. The number of carbonyl (C=O) groups excluding carboxylic acids is 1. The van der Waals surface area contributed by atoms with Gasteiger partial charge >= 0.3 is 0 Å². The third-order valence-electron chi connectivity index (χ3n) is 4.55. The van der Waals surface area contributed by atoms with Crippen molar-refractivity contribution >= 4 is 28.3 Å². The van der Waals surface area contributed by atoms with Crippen LogP contribution in [0.3, 0.4) is 0 Å². The largest absolute Gasteiger partial charge is 0.493 e. The Labute approximate surface area is 182 Å². The highest BCUT2D eigenvalue weighted by Gasteiger charge is 2.19. The van der Waals surface area contributed by atoms with E-state index < -0.39 is 5.91 Å². The molecule has 0 atom stereocenters. The Balaban J connectivity index is 1.57. The number of fused-ring (bicyclic) bond motifs is 1. The van der Waals surface area contributed by atoms with Crippen LogP contribution in [0, 0.1) is 0 Å². The molecule has 8 nitrogen and oxygen atoms in total. The Hall–Kier alpha value is -3.72. The summed E-state index contributed by atoms with van der Waals surface area (Å²) < 4.78 is 24.0. The van der Waals surface area contributed by atoms with Crippen molar-refractivity contribution in [1.29, 1.82) is 0 Å². The number of thiophene rings is 1. The van der Waals surface area contributed by atoms with E-state index in [2.05, 4.69) is 4.98 Å². The van der Waals surface area contributed by atoms with Gasteiger partial charge in [0.05, 0.1) is 25.3 Å². The zero-order valence-electron chi connectivity index (χ0n) is 17.0. The van der Waals surface area contributed by atoms with Gasteiger partial charge in [-0.3, -0.25) is 9.36 Å². The number of primary amides is 1. The van der Waals surface area contributed by atoms with Crippen LogP contribution in [0.2, 0.25) is 0 Å². The fraction of sp³-hybridized carbons (Fsp3) is 0.182.